The normalized spacial score (nSPS) is 14.2. The van der Waals surface area contributed by atoms with Crippen LogP contribution < -0.4 is 10.6 Å². The maximum Gasteiger partial charge on any atom is 0.224 e. The Bertz CT molecular complexity index is 639. The van der Waals surface area contributed by atoms with Crippen LogP contribution in [0.3, 0.4) is 0 Å². The first-order valence-electron chi connectivity index (χ1n) is 10.5. The van der Waals surface area contributed by atoms with Crippen LogP contribution in [0.5, 0.6) is 0 Å². The van der Waals surface area contributed by atoms with Gasteiger partial charge in [0.05, 0.1) is 6.54 Å². The molecule has 0 fully saturated rings. The van der Waals surface area contributed by atoms with Crippen LogP contribution in [0.1, 0.15) is 51.5 Å². The smallest absolute Gasteiger partial charge is 0.224 e. The summed E-state index contributed by atoms with van der Waals surface area (Å²) in [6.07, 6.45) is 1.48. The molecule has 0 saturated heterocycles. The molecule has 2 N–H and O–H groups in total. The highest BCUT2D eigenvalue weighted by Crippen LogP contribution is 2.24. The Morgan fingerprint density at radius 1 is 1.28 bits per heavy atom. The number of aliphatic imine (C=N–C) groups is 1. The van der Waals surface area contributed by atoms with Gasteiger partial charge in [0.25, 0.3) is 0 Å². The van der Waals surface area contributed by atoms with E-state index in [9.17, 15) is 4.79 Å². The highest BCUT2D eigenvalue weighted by atomic mass is 127. The van der Waals surface area contributed by atoms with Crippen molar-refractivity contribution in [1.82, 2.24) is 20.4 Å². The van der Waals surface area contributed by atoms with Crippen molar-refractivity contribution in [2.24, 2.45) is 4.99 Å². The van der Waals surface area contributed by atoms with Gasteiger partial charge >= 0.3 is 0 Å². The first kappa shape index (κ1) is 26.2. The number of hydrogen-bond donors (Lipinski definition) is 2. The second kappa shape index (κ2) is 13.4. The van der Waals surface area contributed by atoms with Crippen molar-refractivity contribution < 1.29 is 4.79 Å². The van der Waals surface area contributed by atoms with Gasteiger partial charge < -0.3 is 15.5 Å². The Morgan fingerprint density at radius 3 is 2.66 bits per heavy atom. The Kier molecular flexibility index (Phi) is 12.1. The molecule has 0 aromatic carbocycles. The second-order valence-corrected chi connectivity index (χ2v) is 8.80. The van der Waals surface area contributed by atoms with Gasteiger partial charge in [-0.2, -0.15) is 0 Å². The van der Waals surface area contributed by atoms with Gasteiger partial charge in [-0.05, 0) is 58.0 Å². The number of thiophene rings is 1. The fourth-order valence-electron chi connectivity index (χ4n) is 3.64. The third-order valence-corrected chi connectivity index (χ3v) is 6.11. The zero-order valence-electron chi connectivity index (χ0n) is 18.5. The van der Waals surface area contributed by atoms with Crippen molar-refractivity contribution in [3.05, 3.63) is 21.9 Å². The molecule has 1 aromatic heterocycles. The zero-order valence-corrected chi connectivity index (χ0v) is 21.7. The fourth-order valence-corrected chi connectivity index (χ4v) is 4.53. The van der Waals surface area contributed by atoms with Gasteiger partial charge in [0.2, 0.25) is 5.91 Å². The summed E-state index contributed by atoms with van der Waals surface area (Å²) in [6, 6.07) is 3.17. The summed E-state index contributed by atoms with van der Waals surface area (Å²) >= 11 is 1.80. The molecule has 8 heteroatoms. The zero-order chi connectivity index (χ0) is 20.5. The van der Waals surface area contributed by atoms with Gasteiger partial charge in [-0.15, -0.1) is 35.3 Å². The van der Waals surface area contributed by atoms with Gasteiger partial charge in [-0.1, -0.05) is 0 Å². The monoisotopic (exact) mass is 535 g/mol. The Morgan fingerprint density at radius 2 is 2.00 bits per heavy atom. The van der Waals surface area contributed by atoms with Crippen LogP contribution >= 0.6 is 35.3 Å². The average molecular weight is 536 g/mol. The number of hydrogen-bond acceptors (Lipinski definition) is 4. The van der Waals surface area contributed by atoms with Gasteiger partial charge in [-0.25, -0.2) is 0 Å². The molecule has 166 valence electrons. The number of carbonyl (C=O) groups is 1. The molecule has 1 aromatic rings. The molecule has 0 atom stereocenters. The lowest BCUT2D eigenvalue weighted by Crippen LogP contribution is -2.42. The summed E-state index contributed by atoms with van der Waals surface area (Å²) in [5, 5.41) is 8.71. The maximum absolute atomic E-state index is 12.5. The van der Waals surface area contributed by atoms with Crippen molar-refractivity contribution in [3.8, 4) is 0 Å². The number of nitrogens with zero attached hydrogens (tertiary/aromatic N) is 3. The summed E-state index contributed by atoms with van der Waals surface area (Å²) < 4.78 is 0. The number of nitrogens with one attached hydrogen (secondary N) is 2. The molecular formula is C21H38IN5OS. The van der Waals surface area contributed by atoms with Crippen molar-refractivity contribution >= 4 is 47.2 Å². The van der Waals surface area contributed by atoms with Crippen molar-refractivity contribution in [2.75, 3.05) is 32.7 Å². The molecule has 6 nitrogen and oxygen atoms in total. The van der Waals surface area contributed by atoms with Crippen LogP contribution in [0.2, 0.25) is 0 Å². The van der Waals surface area contributed by atoms with E-state index in [2.05, 4.69) is 66.6 Å². The first-order chi connectivity index (χ1) is 13.4. The summed E-state index contributed by atoms with van der Waals surface area (Å²) in [7, 11) is 0. The van der Waals surface area contributed by atoms with Crippen molar-refractivity contribution in [2.45, 2.75) is 66.1 Å². The van der Waals surface area contributed by atoms with E-state index < -0.39 is 0 Å². The van der Waals surface area contributed by atoms with Gasteiger partial charge in [-0.3, -0.25) is 14.7 Å². The predicted octanol–water partition coefficient (Wildman–Crippen LogP) is 3.31. The predicted molar refractivity (Wildman–Crippen MR) is 134 cm³/mol. The number of amides is 1. The van der Waals surface area contributed by atoms with E-state index in [-0.39, 0.29) is 29.9 Å². The number of guanidine groups is 1. The highest BCUT2D eigenvalue weighted by molar-refractivity contribution is 14.0. The second-order valence-electron chi connectivity index (χ2n) is 7.80. The van der Waals surface area contributed by atoms with E-state index in [4.69, 9.17) is 0 Å². The van der Waals surface area contributed by atoms with Crippen molar-refractivity contribution in [3.63, 3.8) is 0 Å². The first-order valence-corrected chi connectivity index (χ1v) is 11.4. The van der Waals surface area contributed by atoms with E-state index >= 15 is 0 Å². The summed E-state index contributed by atoms with van der Waals surface area (Å²) in [5.41, 5.74) is 1.31. The Hall–Kier alpha value is -0.870. The van der Waals surface area contributed by atoms with Crippen LogP contribution in [0.4, 0.5) is 0 Å². The number of fused-ring (bicyclic) bond motifs is 1. The lowest BCUT2D eigenvalue weighted by molar-refractivity contribution is -0.131. The molecule has 1 amide bonds. The molecule has 29 heavy (non-hydrogen) atoms. The average Bonchev–Trinajstić information content (AvgIpc) is 3.12. The van der Waals surface area contributed by atoms with Crippen LogP contribution in [0.15, 0.2) is 16.4 Å². The lowest BCUT2D eigenvalue weighted by Gasteiger charge is -2.29. The van der Waals surface area contributed by atoms with Crippen LogP contribution in [-0.4, -0.2) is 66.5 Å². The molecule has 1 aliphatic rings. The van der Waals surface area contributed by atoms with Gasteiger partial charge in [0.15, 0.2) is 5.96 Å². The summed E-state index contributed by atoms with van der Waals surface area (Å²) in [5.74, 6) is 1.01. The third-order valence-electron chi connectivity index (χ3n) is 5.09. The highest BCUT2D eigenvalue weighted by Gasteiger charge is 2.21. The fraction of sp³-hybridized carbons (Fsp3) is 0.714. The number of rotatable bonds is 9. The standard InChI is InChI=1S/C21H37N5OS.HI/c1-6-22-21(24-11-13-26(16(2)3)17(4)5)23-10-7-20(27)25-12-8-19-18(15-25)9-14-28-19;/h9,14,16-17H,6-8,10-13,15H2,1-5H3,(H2,22,23,24);1H. The summed E-state index contributed by atoms with van der Waals surface area (Å²) in [6.45, 7) is 15.6. The Balaban J connectivity index is 0.00000420. The van der Waals surface area contributed by atoms with Gasteiger partial charge in [0.1, 0.15) is 0 Å². The van der Waals surface area contributed by atoms with E-state index in [1.54, 1.807) is 11.3 Å². The SMILES string of the molecule is CCNC(=NCCN(C(C)C)C(C)C)NCCC(=O)N1CCc2sccc2C1.I. The number of carbonyl (C=O) groups excluding carboxylic acids is 1. The van der Waals surface area contributed by atoms with E-state index in [0.717, 1.165) is 45.1 Å². The minimum Gasteiger partial charge on any atom is -0.357 e. The molecule has 0 unspecified atom stereocenters. The quantitative estimate of drug-likeness (QED) is 0.290. The molecule has 0 aliphatic carbocycles. The number of halogens is 1. The maximum atomic E-state index is 12.5. The molecule has 0 bridgehead atoms. The van der Waals surface area contributed by atoms with Crippen LogP contribution in [0, 0.1) is 0 Å². The molecule has 0 saturated carbocycles. The molecule has 0 radical (unpaired) electrons. The van der Waals surface area contributed by atoms with Gasteiger partial charge in [0, 0.05) is 56.1 Å². The van der Waals surface area contributed by atoms with E-state index in [1.165, 1.54) is 10.4 Å². The van der Waals surface area contributed by atoms with E-state index in [1.807, 2.05) is 4.90 Å². The molecule has 0 spiro atoms. The molecule has 2 heterocycles. The topological polar surface area (TPSA) is 60.0 Å². The molecule has 2 rings (SSSR count). The van der Waals surface area contributed by atoms with Crippen LogP contribution in [-0.2, 0) is 17.8 Å². The Labute approximate surface area is 197 Å². The lowest BCUT2D eigenvalue weighted by atomic mass is 10.1. The molecule has 1 aliphatic heterocycles. The largest absolute Gasteiger partial charge is 0.357 e. The van der Waals surface area contributed by atoms with Crippen molar-refractivity contribution in [1.29, 1.82) is 0 Å². The third kappa shape index (κ3) is 8.41. The van der Waals surface area contributed by atoms with Crippen LogP contribution in [0.25, 0.3) is 0 Å². The van der Waals surface area contributed by atoms with E-state index in [0.29, 0.717) is 25.0 Å². The minimum atomic E-state index is 0. The summed E-state index contributed by atoms with van der Waals surface area (Å²) in [4.78, 5) is 23.1. The molecular weight excluding hydrogens is 497 g/mol. The minimum absolute atomic E-state index is 0.